The first kappa shape index (κ1) is 13.9. The van der Waals surface area contributed by atoms with E-state index < -0.39 is 5.97 Å². The van der Waals surface area contributed by atoms with Crippen LogP contribution in [0.25, 0.3) is 5.69 Å². The highest BCUT2D eigenvalue weighted by Crippen LogP contribution is 2.24. The number of carboxylic acid groups (broad SMARTS) is 1. The molecular weight excluding hydrogens is 284 g/mol. The summed E-state index contributed by atoms with van der Waals surface area (Å²) in [4.78, 5) is 14.7. The first-order valence-electron chi connectivity index (χ1n) is 6.69. The number of anilines is 1. The van der Waals surface area contributed by atoms with Crippen molar-refractivity contribution in [3.8, 4) is 5.69 Å². The van der Waals surface area contributed by atoms with E-state index in [4.69, 9.17) is 9.52 Å². The molecule has 7 nitrogen and oxygen atoms in total. The summed E-state index contributed by atoms with van der Waals surface area (Å²) in [6, 6.07) is 9.66. The van der Waals surface area contributed by atoms with E-state index in [1.165, 1.54) is 0 Å². The maximum Gasteiger partial charge on any atom is 0.357 e. The Balaban J connectivity index is 1.86. The molecule has 0 amide bonds. The summed E-state index contributed by atoms with van der Waals surface area (Å²) in [7, 11) is 0. The van der Waals surface area contributed by atoms with Crippen LogP contribution in [-0.2, 0) is 0 Å². The third-order valence-electron chi connectivity index (χ3n) is 3.22. The zero-order chi connectivity index (χ0) is 15.5. The largest absolute Gasteiger partial charge is 0.476 e. The Morgan fingerprint density at radius 2 is 2.18 bits per heavy atom. The van der Waals surface area contributed by atoms with Gasteiger partial charge in [-0.15, -0.1) is 0 Å². The summed E-state index contributed by atoms with van der Waals surface area (Å²) in [5.74, 6) is -1.12. The van der Waals surface area contributed by atoms with Gasteiger partial charge in [0.15, 0.2) is 5.69 Å². The third kappa shape index (κ3) is 2.69. The highest BCUT2D eigenvalue weighted by Gasteiger charge is 2.16. The monoisotopic (exact) mass is 298 g/mol. The van der Waals surface area contributed by atoms with Crippen molar-refractivity contribution in [2.75, 3.05) is 5.32 Å². The standard InChI is InChI=1S/C15H14N4O3/c1-10(17-15-18-12(9-22-15)14(20)21)11-5-2-3-6-13(11)19-8-4-7-16-19/h2-10H,1H3,(H,17,18)(H,20,21). The topological polar surface area (TPSA) is 93.2 Å². The number of carbonyl (C=O) groups is 1. The van der Waals surface area contributed by atoms with Crippen molar-refractivity contribution < 1.29 is 14.3 Å². The molecule has 0 saturated heterocycles. The number of benzene rings is 1. The first-order chi connectivity index (χ1) is 10.6. The lowest BCUT2D eigenvalue weighted by Gasteiger charge is -2.16. The molecule has 2 aromatic heterocycles. The number of rotatable bonds is 5. The van der Waals surface area contributed by atoms with E-state index in [9.17, 15) is 4.79 Å². The second-order valence-corrected chi connectivity index (χ2v) is 4.72. The number of hydrogen-bond donors (Lipinski definition) is 2. The van der Waals surface area contributed by atoms with Gasteiger partial charge in [-0.2, -0.15) is 10.1 Å². The van der Waals surface area contributed by atoms with Crippen LogP contribution in [0.4, 0.5) is 6.01 Å². The fraction of sp³-hybridized carbons (Fsp3) is 0.133. The Morgan fingerprint density at radius 3 is 2.86 bits per heavy atom. The molecule has 22 heavy (non-hydrogen) atoms. The second kappa shape index (κ2) is 5.72. The SMILES string of the molecule is CC(Nc1nc(C(=O)O)co1)c1ccccc1-n1cccn1. The van der Waals surface area contributed by atoms with Crippen molar-refractivity contribution in [1.82, 2.24) is 14.8 Å². The summed E-state index contributed by atoms with van der Waals surface area (Å²) in [5.41, 5.74) is 1.79. The fourth-order valence-electron chi connectivity index (χ4n) is 2.17. The van der Waals surface area contributed by atoms with Gasteiger partial charge in [-0.05, 0) is 24.6 Å². The summed E-state index contributed by atoms with van der Waals surface area (Å²) >= 11 is 0. The van der Waals surface area contributed by atoms with Gasteiger partial charge >= 0.3 is 5.97 Å². The fourth-order valence-corrected chi connectivity index (χ4v) is 2.17. The van der Waals surface area contributed by atoms with Crippen LogP contribution in [0.3, 0.4) is 0 Å². The van der Waals surface area contributed by atoms with Gasteiger partial charge in [-0.1, -0.05) is 18.2 Å². The lowest BCUT2D eigenvalue weighted by atomic mass is 10.1. The van der Waals surface area contributed by atoms with Gasteiger partial charge in [-0.3, -0.25) is 0 Å². The molecule has 7 heteroatoms. The van der Waals surface area contributed by atoms with Crippen LogP contribution in [0.5, 0.6) is 0 Å². The maximum absolute atomic E-state index is 10.8. The molecule has 0 aliphatic carbocycles. The summed E-state index contributed by atoms with van der Waals surface area (Å²) in [6.07, 6.45) is 4.68. The number of aromatic carboxylic acids is 1. The van der Waals surface area contributed by atoms with Crippen LogP contribution in [-0.4, -0.2) is 25.8 Å². The van der Waals surface area contributed by atoms with E-state index in [0.29, 0.717) is 0 Å². The van der Waals surface area contributed by atoms with Crippen molar-refractivity contribution in [1.29, 1.82) is 0 Å². The summed E-state index contributed by atoms with van der Waals surface area (Å²) in [6.45, 7) is 1.94. The van der Waals surface area contributed by atoms with Gasteiger partial charge in [-0.25, -0.2) is 9.48 Å². The van der Waals surface area contributed by atoms with Gasteiger partial charge in [0.25, 0.3) is 6.01 Å². The second-order valence-electron chi connectivity index (χ2n) is 4.72. The Bertz CT molecular complexity index is 780. The molecule has 3 aromatic rings. The zero-order valence-corrected chi connectivity index (χ0v) is 11.8. The minimum Gasteiger partial charge on any atom is -0.476 e. The Hall–Kier alpha value is -3.09. The average molecular weight is 298 g/mol. The van der Waals surface area contributed by atoms with Crippen LogP contribution in [0, 0.1) is 0 Å². The van der Waals surface area contributed by atoms with Gasteiger partial charge in [0.1, 0.15) is 6.26 Å². The van der Waals surface area contributed by atoms with Gasteiger partial charge in [0.05, 0.1) is 11.7 Å². The smallest absolute Gasteiger partial charge is 0.357 e. The number of nitrogens with zero attached hydrogens (tertiary/aromatic N) is 3. The lowest BCUT2D eigenvalue weighted by molar-refractivity contribution is 0.0690. The van der Waals surface area contributed by atoms with Crippen molar-refractivity contribution in [3.05, 3.63) is 60.2 Å². The predicted octanol–water partition coefficient (Wildman–Crippen LogP) is 2.73. The molecule has 1 unspecified atom stereocenters. The third-order valence-corrected chi connectivity index (χ3v) is 3.22. The highest BCUT2D eigenvalue weighted by atomic mass is 16.4. The molecule has 0 fully saturated rings. The Kier molecular flexibility index (Phi) is 3.61. The minimum atomic E-state index is -1.12. The molecule has 0 radical (unpaired) electrons. The maximum atomic E-state index is 10.8. The van der Waals surface area contributed by atoms with Crippen LogP contribution >= 0.6 is 0 Å². The molecule has 0 aliphatic heterocycles. The molecule has 0 saturated carbocycles. The van der Waals surface area contributed by atoms with E-state index in [1.54, 1.807) is 10.9 Å². The Labute approximate surface area is 126 Å². The number of oxazole rings is 1. The predicted molar refractivity (Wildman–Crippen MR) is 79.1 cm³/mol. The van der Waals surface area contributed by atoms with Crippen LogP contribution in [0.15, 0.2) is 53.4 Å². The van der Waals surface area contributed by atoms with Gasteiger partial charge < -0.3 is 14.8 Å². The van der Waals surface area contributed by atoms with Gasteiger partial charge in [0.2, 0.25) is 0 Å². The van der Waals surface area contributed by atoms with E-state index in [0.717, 1.165) is 17.5 Å². The molecule has 0 aliphatic rings. The van der Waals surface area contributed by atoms with E-state index in [2.05, 4.69) is 15.4 Å². The molecule has 2 heterocycles. The highest BCUT2D eigenvalue weighted by molar-refractivity contribution is 5.85. The molecule has 2 N–H and O–H groups in total. The van der Waals surface area contributed by atoms with Crippen LogP contribution in [0.2, 0.25) is 0 Å². The summed E-state index contributed by atoms with van der Waals surface area (Å²) < 4.78 is 6.89. The van der Waals surface area contributed by atoms with Crippen molar-refractivity contribution in [3.63, 3.8) is 0 Å². The minimum absolute atomic E-state index is 0.130. The molecule has 0 spiro atoms. The number of hydrogen-bond acceptors (Lipinski definition) is 5. The van der Waals surface area contributed by atoms with Crippen molar-refractivity contribution in [2.45, 2.75) is 13.0 Å². The lowest BCUT2D eigenvalue weighted by Crippen LogP contribution is -2.11. The summed E-state index contributed by atoms with van der Waals surface area (Å²) in [5, 5.41) is 16.1. The zero-order valence-electron chi connectivity index (χ0n) is 11.8. The van der Waals surface area contributed by atoms with Crippen LogP contribution < -0.4 is 5.32 Å². The molecular formula is C15H14N4O3. The van der Waals surface area contributed by atoms with E-state index in [-0.39, 0.29) is 17.8 Å². The quantitative estimate of drug-likeness (QED) is 0.752. The number of para-hydroxylation sites is 1. The Morgan fingerprint density at radius 1 is 1.36 bits per heavy atom. The molecule has 1 aromatic carbocycles. The number of carboxylic acids is 1. The first-order valence-corrected chi connectivity index (χ1v) is 6.69. The molecule has 1 atom stereocenters. The molecule has 0 bridgehead atoms. The van der Waals surface area contributed by atoms with Crippen molar-refractivity contribution >= 4 is 12.0 Å². The number of nitrogens with one attached hydrogen (secondary N) is 1. The number of aromatic nitrogens is 3. The van der Waals surface area contributed by atoms with Gasteiger partial charge in [0, 0.05) is 12.4 Å². The van der Waals surface area contributed by atoms with Crippen LogP contribution in [0.1, 0.15) is 29.0 Å². The molecule has 3 rings (SSSR count). The van der Waals surface area contributed by atoms with E-state index in [1.807, 2.05) is 43.5 Å². The van der Waals surface area contributed by atoms with Crippen molar-refractivity contribution in [2.24, 2.45) is 0 Å². The van der Waals surface area contributed by atoms with E-state index >= 15 is 0 Å². The molecule has 112 valence electrons. The normalized spacial score (nSPS) is 12.0. The average Bonchev–Trinajstić information content (AvgIpc) is 3.18.